The van der Waals surface area contributed by atoms with Crippen molar-refractivity contribution in [2.24, 2.45) is 0 Å². The fourth-order valence-electron chi connectivity index (χ4n) is 0.953. The van der Waals surface area contributed by atoms with Crippen LogP contribution in [-0.4, -0.2) is 10.1 Å². The Morgan fingerprint density at radius 1 is 1.20 bits per heavy atom. The highest BCUT2D eigenvalue weighted by atomic mass is 16.8. The molecule has 1 aromatic rings. The maximum atomic E-state index is 10.4. The maximum absolute atomic E-state index is 10.4. The molecule has 0 amide bonds. The van der Waals surface area contributed by atoms with Crippen LogP contribution < -0.4 is 5.12 Å². The summed E-state index contributed by atoms with van der Waals surface area (Å²) in [5.41, 5.74) is -0.680. The number of hydrogen-bond donors (Lipinski definition) is 0. The van der Waals surface area contributed by atoms with E-state index in [2.05, 4.69) is 4.98 Å². The van der Waals surface area contributed by atoms with E-state index in [1.165, 1.54) is 18.2 Å². The van der Waals surface area contributed by atoms with Crippen molar-refractivity contribution in [3.8, 4) is 0 Å². The molecule has 0 N–H and O–H groups in total. The second-order valence-corrected chi connectivity index (χ2v) is 2.35. The average Bonchev–Trinajstić information content (AvgIpc) is 2.17. The summed E-state index contributed by atoms with van der Waals surface area (Å²) in [6, 6.07) is 5.08. The van der Waals surface area contributed by atoms with Gasteiger partial charge in [-0.15, -0.1) is 0 Å². The van der Waals surface area contributed by atoms with Gasteiger partial charge >= 0.3 is 5.69 Å². The first-order chi connectivity index (χ1) is 7.07. The normalized spacial score (nSPS) is 9.00. The van der Waals surface area contributed by atoms with Crippen molar-refractivity contribution in [2.45, 2.75) is 0 Å². The molecule has 0 unspecified atom stereocenters. The molecule has 0 aliphatic heterocycles. The smallest absolute Gasteiger partial charge is 0.230 e. The number of diazo groups is 1. The van der Waals surface area contributed by atoms with Gasteiger partial charge in [0.25, 0.3) is 5.69 Å². The SMILES string of the molecule is N#[N+]c1ccccc1N([N+](=O)[O-])[N+](=O)[O-]. The van der Waals surface area contributed by atoms with Crippen molar-refractivity contribution in [2.75, 3.05) is 5.12 Å². The number of para-hydroxylation sites is 1. The molecule has 0 atom stereocenters. The van der Waals surface area contributed by atoms with E-state index >= 15 is 0 Å². The number of rotatable bonds is 3. The van der Waals surface area contributed by atoms with Gasteiger partial charge in [0.1, 0.15) is 0 Å². The van der Waals surface area contributed by atoms with Gasteiger partial charge in [-0.1, -0.05) is 12.1 Å². The molecule has 0 bridgehead atoms. The van der Waals surface area contributed by atoms with Gasteiger partial charge < -0.3 is 0 Å². The molecule has 0 aromatic heterocycles. The zero-order valence-corrected chi connectivity index (χ0v) is 7.18. The standard InChI is InChI=1S/C6H4N5O4/c7-8-5-3-1-2-4-6(5)9(10(12)13)11(14)15/h1-4H/q+1. The third kappa shape index (κ3) is 1.94. The zero-order valence-electron chi connectivity index (χ0n) is 7.18. The molecule has 0 saturated heterocycles. The Balaban J connectivity index is 3.30. The third-order valence-corrected chi connectivity index (χ3v) is 1.51. The fraction of sp³-hybridized carbons (Fsp3) is 0. The topological polar surface area (TPSA) is 118 Å². The molecular weight excluding hydrogens is 206 g/mol. The molecule has 0 fully saturated rings. The minimum atomic E-state index is -1.22. The van der Waals surface area contributed by atoms with E-state index in [0.29, 0.717) is 0 Å². The predicted molar refractivity (Wildman–Crippen MR) is 47.7 cm³/mol. The Kier molecular flexibility index (Phi) is 2.73. The number of anilines is 1. The molecule has 1 rings (SSSR count). The highest BCUT2D eigenvalue weighted by molar-refractivity contribution is 5.67. The van der Waals surface area contributed by atoms with E-state index in [1.54, 1.807) is 0 Å². The van der Waals surface area contributed by atoms with Crippen LogP contribution in [0.15, 0.2) is 24.3 Å². The number of hydrogen-bond acceptors (Lipinski definition) is 5. The van der Waals surface area contributed by atoms with Crippen LogP contribution >= 0.6 is 0 Å². The second-order valence-electron chi connectivity index (χ2n) is 2.35. The van der Waals surface area contributed by atoms with Gasteiger partial charge in [-0.05, 0) is 6.07 Å². The summed E-state index contributed by atoms with van der Waals surface area (Å²) in [6.07, 6.45) is 0. The van der Waals surface area contributed by atoms with Gasteiger partial charge in [-0.2, -0.15) is 0 Å². The summed E-state index contributed by atoms with van der Waals surface area (Å²) in [4.78, 5) is 23.5. The lowest BCUT2D eigenvalue weighted by Gasteiger charge is -1.99. The summed E-state index contributed by atoms with van der Waals surface area (Å²) in [7, 11) is 0. The maximum Gasteiger partial charge on any atom is 0.421 e. The first kappa shape index (κ1) is 10.3. The Bertz CT molecular complexity index is 439. The van der Waals surface area contributed by atoms with Crippen molar-refractivity contribution >= 4 is 11.4 Å². The molecule has 0 heterocycles. The number of benzene rings is 1. The zero-order chi connectivity index (χ0) is 11.4. The first-order valence-corrected chi connectivity index (χ1v) is 3.60. The van der Waals surface area contributed by atoms with E-state index < -0.39 is 15.8 Å². The average molecular weight is 210 g/mol. The Labute approximate surface area is 82.4 Å². The number of nitrogens with zero attached hydrogens (tertiary/aromatic N) is 5. The van der Waals surface area contributed by atoms with Crippen LogP contribution in [0.1, 0.15) is 0 Å². The molecular formula is C6H4N5O4+. The van der Waals surface area contributed by atoms with Gasteiger partial charge in [0.05, 0.1) is 0 Å². The molecule has 0 spiro atoms. The van der Waals surface area contributed by atoms with E-state index in [1.807, 2.05) is 0 Å². The van der Waals surface area contributed by atoms with Crippen molar-refractivity contribution in [3.63, 3.8) is 0 Å². The van der Waals surface area contributed by atoms with E-state index in [-0.39, 0.29) is 10.8 Å². The molecule has 76 valence electrons. The molecule has 0 saturated carbocycles. The van der Waals surface area contributed by atoms with Gasteiger partial charge in [0, 0.05) is 6.07 Å². The van der Waals surface area contributed by atoms with E-state index in [4.69, 9.17) is 5.39 Å². The summed E-state index contributed by atoms with van der Waals surface area (Å²) in [5, 5.41) is 26.5. The molecule has 0 aliphatic carbocycles. The largest absolute Gasteiger partial charge is 0.421 e. The molecule has 15 heavy (non-hydrogen) atoms. The number of hydrazine groups is 2. The van der Waals surface area contributed by atoms with Gasteiger partial charge in [0.2, 0.25) is 20.6 Å². The predicted octanol–water partition coefficient (Wildman–Crippen LogP) is 1.36. The van der Waals surface area contributed by atoms with Crippen molar-refractivity contribution in [3.05, 3.63) is 49.5 Å². The quantitative estimate of drug-likeness (QED) is 0.422. The monoisotopic (exact) mass is 210 g/mol. The number of nitro groups is 2. The summed E-state index contributed by atoms with van der Waals surface area (Å²) < 4.78 is 0. The van der Waals surface area contributed by atoms with Crippen LogP contribution in [0, 0.1) is 25.6 Å². The lowest BCUT2D eigenvalue weighted by molar-refractivity contribution is -0.711. The molecule has 1 aromatic carbocycles. The third-order valence-electron chi connectivity index (χ3n) is 1.51. The minimum Gasteiger partial charge on any atom is -0.230 e. The van der Waals surface area contributed by atoms with Crippen molar-refractivity contribution in [1.82, 2.24) is 0 Å². The van der Waals surface area contributed by atoms with Gasteiger partial charge in [-0.25, -0.2) is 20.2 Å². The lowest BCUT2D eigenvalue weighted by atomic mass is 10.3. The van der Waals surface area contributed by atoms with Crippen LogP contribution in [0.4, 0.5) is 11.4 Å². The Hall–Kier alpha value is -2.76. The summed E-state index contributed by atoms with van der Waals surface area (Å²) in [6.45, 7) is 0. The van der Waals surface area contributed by atoms with Crippen molar-refractivity contribution < 1.29 is 10.1 Å². The van der Waals surface area contributed by atoms with E-state index in [0.717, 1.165) is 6.07 Å². The van der Waals surface area contributed by atoms with Gasteiger partial charge in [-0.3, -0.25) is 0 Å². The molecule has 0 aliphatic rings. The lowest BCUT2D eigenvalue weighted by Crippen LogP contribution is -2.35. The van der Waals surface area contributed by atoms with Crippen molar-refractivity contribution in [1.29, 1.82) is 5.39 Å². The highest BCUT2D eigenvalue weighted by Crippen LogP contribution is 2.27. The van der Waals surface area contributed by atoms with E-state index in [9.17, 15) is 20.2 Å². The molecule has 9 nitrogen and oxygen atoms in total. The Morgan fingerprint density at radius 3 is 2.20 bits per heavy atom. The van der Waals surface area contributed by atoms with Crippen LogP contribution in [-0.2, 0) is 0 Å². The van der Waals surface area contributed by atoms with Crippen LogP contribution in [0.25, 0.3) is 4.98 Å². The van der Waals surface area contributed by atoms with Crippen LogP contribution in [0.2, 0.25) is 0 Å². The fourth-order valence-corrected chi connectivity index (χ4v) is 0.953. The Morgan fingerprint density at radius 2 is 1.73 bits per heavy atom. The highest BCUT2D eigenvalue weighted by Gasteiger charge is 2.37. The second kappa shape index (κ2) is 3.97. The van der Waals surface area contributed by atoms with Gasteiger partial charge in [0.15, 0.2) is 4.98 Å². The summed E-state index contributed by atoms with van der Waals surface area (Å²) in [5.74, 6) is 0. The van der Waals surface area contributed by atoms with Crippen LogP contribution in [0.5, 0.6) is 0 Å². The van der Waals surface area contributed by atoms with Crippen LogP contribution in [0.3, 0.4) is 0 Å². The summed E-state index contributed by atoms with van der Waals surface area (Å²) >= 11 is 0. The molecule has 0 radical (unpaired) electrons. The first-order valence-electron chi connectivity index (χ1n) is 3.60. The molecule has 9 heteroatoms. The minimum absolute atomic E-state index is 0.258.